The van der Waals surface area contributed by atoms with Crippen LogP contribution in [0.25, 0.3) is 10.9 Å². The van der Waals surface area contributed by atoms with Gasteiger partial charge in [0, 0.05) is 168 Å². The first-order valence-electron chi connectivity index (χ1n) is 39.0. The first kappa shape index (κ1) is 97.4. The Hall–Kier alpha value is -11.1. The van der Waals surface area contributed by atoms with Crippen molar-refractivity contribution in [3.8, 4) is 0 Å². The Morgan fingerprint density at radius 1 is 0.441 bits per heavy atom. The lowest BCUT2D eigenvalue weighted by Gasteiger charge is -2.35. The van der Waals surface area contributed by atoms with Crippen LogP contribution in [-0.4, -0.2) is 373 Å². The number of hydrogen-bond acceptors (Lipinski definition) is 25. The van der Waals surface area contributed by atoms with Crippen LogP contribution in [0.15, 0.2) is 54.7 Å². The van der Waals surface area contributed by atoms with Crippen LogP contribution in [0.4, 0.5) is 0 Å². The van der Waals surface area contributed by atoms with E-state index in [0.29, 0.717) is 23.1 Å². The van der Waals surface area contributed by atoms with Gasteiger partial charge in [0.05, 0.1) is 45.8 Å². The summed E-state index contributed by atoms with van der Waals surface area (Å²) in [7, 11) is 0. The number of aromatic amines is 1. The second-order valence-corrected chi connectivity index (χ2v) is 29.3. The Balaban J connectivity index is 1.34. The monoisotopic (exact) mass is 1660 g/mol. The number of carboxylic acids is 8. The highest BCUT2D eigenvalue weighted by atomic mass is 16.4. The van der Waals surface area contributed by atoms with E-state index in [1.807, 2.05) is 12.1 Å². The predicted octanol–water partition coefficient (Wildman–Crippen LogP) is -4.35. The molecule has 0 saturated carbocycles. The topological polar surface area (TPSA) is 604 Å². The number of carbonyl (C=O) groups is 17. The van der Waals surface area contributed by atoms with Crippen LogP contribution >= 0.6 is 0 Å². The number of ketones is 1. The van der Waals surface area contributed by atoms with Crippen molar-refractivity contribution in [2.75, 3.05) is 157 Å². The summed E-state index contributed by atoms with van der Waals surface area (Å²) in [5, 5.41) is 98.8. The number of nitrogens with one attached hydrogen (secondary N) is 8. The van der Waals surface area contributed by atoms with Crippen LogP contribution in [0, 0.1) is 11.8 Å². The number of carbonyl (C=O) groups excluding carboxylic acids is 9. The van der Waals surface area contributed by atoms with Gasteiger partial charge in [-0.05, 0) is 60.8 Å². The standard InChI is InChI=1S/C76H113N17O25/c1-4-48(2)70(85-71(111)54(60(95)41-79-49(3)94)37-52-40-80-55-8-6-5-7-53(52)55)74(114)84-56(13-16-61(77)96)72(112)81-38-50-9-11-51(12-10-50)39-82-73(113)57(83-63(98)18-15-59(76(117)118)93-35-31-90(46-68(107)108)27-23-87(43-65(101)102)24-28-91(32-36-93)47-69(109)110)19-20-78-62(97)17-14-58(75(115)116)92-33-29-88(44-66(103)104)25-21-86(42-64(99)100)22-26-89(30-34-92)45-67(105)106/h5-12,40,48,54,56-59,70,80H,4,13-39,41-47H2,1-3H3,(H2,77,96)(H,78,97)(H,79,94)(H,81,112)(H,82,113)(H,83,98)(H,84,114)(H,85,111)(H,99,100)(H,101,102)(H,103,104)(H,105,106)(H,107,108)(H,109,110)(H,115,116)(H,117,118)/t48-,54-,56+,57+,58?,59?,70?/m1/s1. The number of carboxylic acid groups (broad SMARTS) is 8. The summed E-state index contributed by atoms with van der Waals surface area (Å²) < 4.78 is 0. The summed E-state index contributed by atoms with van der Waals surface area (Å²) in [6.45, 7) is 0.581. The molecule has 652 valence electrons. The number of rotatable bonds is 46. The van der Waals surface area contributed by atoms with Crippen molar-refractivity contribution < 1.29 is 122 Å². The number of fused-ring (bicyclic) bond motifs is 1. The second-order valence-electron chi connectivity index (χ2n) is 29.3. The van der Waals surface area contributed by atoms with Crippen LogP contribution < -0.4 is 43.0 Å². The molecular formula is C76H113N17O25. The highest BCUT2D eigenvalue weighted by Gasteiger charge is 2.37. The summed E-state index contributed by atoms with van der Waals surface area (Å²) in [5.74, 6) is -18.6. The van der Waals surface area contributed by atoms with Gasteiger partial charge in [-0.2, -0.15) is 0 Å². The summed E-state index contributed by atoms with van der Waals surface area (Å²) in [5.41, 5.74) is 7.84. The number of Topliss-reactive ketones (excluding diaryl/α,β-unsaturated/α-hetero) is 1. The molecule has 0 radical (unpaired) electrons. The minimum absolute atomic E-state index is 0.0251. The Kier molecular flexibility index (Phi) is 41.7. The van der Waals surface area contributed by atoms with Crippen LogP contribution in [0.2, 0.25) is 0 Å². The zero-order valence-corrected chi connectivity index (χ0v) is 66.7. The fourth-order valence-corrected chi connectivity index (χ4v) is 13.6. The van der Waals surface area contributed by atoms with Crippen molar-refractivity contribution >= 4 is 112 Å². The molecule has 2 aromatic carbocycles. The third kappa shape index (κ3) is 36.2. The van der Waals surface area contributed by atoms with Gasteiger partial charge in [0.2, 0.25) is 47.3 Å². The molecule has 8 amide bonds. The Bertz CT molecular complexity index is 3880. The van der Waals surface area contributed by atoms with E-state index in [1.54, 1.807) is 56.4 Å². The van der Waals surface area contributed by atoms with E-state index < -0.39 is 208 Å². The third-order valence-corrected chi connectivity index (χ3v) is 20.4. The van der Waals surface area contributed by atoms with Crippen molar-refractivity contribution in [2.24, 2.45) is 17.6 Å². The smallest absolute Gasteiger partial charge is 0.320 e. The van der Waals surface area contributed by atoms with Crippen molar-refractivity contribution in [1.82, 2.24) is 81.4 Å². The molecule has 42 heteroatoms. The first-order chi connectivity index (χ1) is 56.0. The molecule has 7 atom stereocenters. The highest BCUT2D eigenvalue weighted by molar-refractivity contribution is 6.05. The van der Waals surface area contributed by atoms with Gasteiger partial charge < -0.3 is 88.8 Å². The SMILES string of the molecule is CC[C@@H](C)C(NC(=O)[C@H](Cc1c[nH]c2ccccc12)C(=O)CNC(C)=O)C(=O)N[C@@H](CCC(N)=O)C(=O)NCc1ccc(CNC(=O)[C@H](CCNC(=O)CCC(C(=O)O)N2CCN(CC(=O)O)CCN(CC(=O)O)CCN(CC(=O)O)CC2)NC(=O)CCC(C(=O)O)N2CCN(CC(=O)O)CCN(CC(=O)O)CCN(CC(=O)O)CC2)cc1. The van der Waals surface area contributed by atoms with Crippen LogP contribution in [0.1, 0.15) is 88.8 Å². The number of aromatic nitrogens is 1. The van der Waals surface area contributed by atoms with Gasteiger partial charge in [-0.1, -0.05) is 62.7 Å². The van der Waals surface area contributed by atoms with E-state index in [-0.39, 0.29) is 156 Å². The molecule has 0 bridgehead atoms. The first-order valence-corrected chi connectivity index (χ1v) is 39.0. The molecule has 5 rings (SSSR count). The van der Waals surface area contributed by atoms with Gasteiger partial charge in [0.25, 0.3) is 0 Å². The minimum atomic E-state index is -1.46. The van der Waals surface area contributed by atoms with Gasteiger partial charge >= 0.3 is 47.8 Å². The maximum absolute atomic E-state index is 14.4. The molecule has 3 heterocycles. The Morgan fingerprint density at radius 3 is 1.21 bits per heavy atom. The molecule has 3 unspecified atom stereocenters. The molecule has 3 aromatic rings. The molecule has 2 fully saturated rings. The van der Waals surface area contributed by atoms with Crippen molar-refractivity contribution in [3.05, 3.63) is 71.4 Å². The second kappa shape index (κ2) is 50.5. The lowest BCUT2D eigenvalue weighted by molar-refractivity contribution is -0.145. The number of hydrogen-bond donors (Lipinski definition) is 17. The lowest BCUT2D eigenvalue weighted by Crippen LogP contribution is -2.57. The largest absolute Gasteiger partial charge is 0.480 e. The molecular weight excluding hydrogens is 1550 g/mol. The van der Waals surface area contributed by atoms with Crippen molar-refractivity contribution in [1.29, 1.82) is 0 Å². The maximum Gasteiger partial charge on any atom is 0.320 e. The number of nitrogens with zero attached hydrogens (tertiary/aromatic N) is 8. The quantitative estimate of drug-likeness (QED) is 0.0238. The van der Waals surface area contributed by atoms with Crippen LogP contribution in [0.5, 0.6) is 0 Å². The molecule has 2 saturated heterocycles. The predicted molar refractivity (Wildman–Crippen MR) is 420 cm³/mol. The number of nitrogens with two attached hydrogens (primary N) is 1. The molecule has 18 N–H and O–H groups in total. The number of para-hydroxylation sites is 1. The summed E-state index contributed by atoms with van der Waals surface area (Å²) >= 11 is 0. The number of H-pyrrole nitrogens is 1. The molecule has 0 aliphatic carbocycles. The van der Waals surface area contributed by atoms with Crippen LogP contribution in [0.3, 0.4) is 0 Å². The fraction of sp³-hybridized carbons (Fsp3) is 0.592. The number of aliphatic carboxylic acids is 8. The average Bonchev–Trinajstić information content (AvgIpc) is 1.67. The van der Waals surface area contributed by atoms with Gasteiger partial charge in [-0.15, -0.1) is 0 Å². The lowest BCUT2D eigenvalue weighted by atomic mass is 9.91. The van der Waals surface area contributed by atoms with Crippen molar-refractivity contribution in [3.63, 3.8) is 0 Å². The molecule has 118 heavy (non-hydrogen) atoms. The maximum atomic E-state index is 14.4. The van der Waals surface area contributed by atoms with Gasteiger partial charge in [-0.25, -0.2) is 0 Å². The fourth-order valence-electron chi connectivity index (χ4n) is 13.6. The molecule has 1 aromatic heterocycles. The van der Waals surface area contributed by atoms with Crippen LogP contribution in [-0.2, 0) is 101 Å². The summed E-state index contributed by atoms with van der Waals surface area (Å²) in [6, 6.07) is 6.59. The number of benzene rings is 2. The minimum Gasteiger partial charge on any atom is -0.480 e. The number of amides is 8. The van der Waals surface area contributed by atoms with E-state index in [2.05, 4.69) is 42.2 Å². The van der Waals surface area contributed by atoms with Gasteiger partial charge in [0.15, 0.2) is 5.78 Å². The van der Waals surface area contributed by atoms with E-state index in [4.69, 9.17) is 5.73 Å². The van der Waals surface area contributed by atoms with Gasteiger partial charge in [-0.3, -0.25) is 121 Å². The molecule has 42 nitrogen and oxygen atoms in total. The Morgan fingerprint density at radius 2 is 0.831 bits per heavy atom. The Labute approximate surface area is 680 Å². The highest BCUT2D eigenvalue weighted by Crippen LogP contribution is 2.23. The normalized spacial score (nSPS) is 17.1. The molecule has 0 spiro atoms. The molecule has 2 aliphatic rings. The van der Waals surface area contributed by atoms with Gasteiger partial charge in [0.1, 0.15) is 36.1 Å². The zero-order valence-electron chi connectivity index (χ0n) is 66.7. The molecule has 2 aliphatic heterocycles. The van der Waals surface area contributed by atoms with Crippen molar-refractivity contribution in [2.45, 2.75) is 122 Å². The number of primary amides is 1. The summed E-state index contributed by atoms with van der Waals surface area (Å²) in [6.07, 6.45) is -0.749. The van der Waals surface area contributed by atoms with E-state index in [9.17, 15) is 122 Å². The summed E-state index contributed by atoms with van der Waals surface area (Å²) in [4.78, 5) is 235. The van der Waals surface area contributed by atoms with E-state index in [1.165, 1.54) is 46.1 Å². The average molecular weight is 1660 g/mol. The van der Waals surface area contributed by atoms with E-state index >= 15 is 0 Å². The zero-order chi connectivity index (χ0) is 87.1. The third-order valence-electron chi connectivity index (χ3n) is 20.4. The van der Waals surface area contributed by atoms with E-state index in [0.717, 1.165) is 10.9 Å².